The quantitative estimate of drug-likeness (QED) is 0.350. The maximum atomic E-state index is 11.9. The molecule has 0 atom stereocenters. The Morgan fingerprint density at radius 2 is 1.88 bits per heavy atom. The second kappa shape index (κ2) is 7.53. The summed E-state index contributed by atoms with van der Waals surface area (Å²) < 4.78 is 16.5. The lowest BCUT2D eigenvalue weighted by atomic mass is 10.0. The lowest BCUT2D eigenvalue weighted by Gasteiger charge is -2.13. The number of ether oxygens (including phenoxy) is 2. The average molecular weight is 389 g/mol. The van der Waals surface area contributed by atoms with Gasteiger partial charge in [0, 0.05) is 22.8 Å². The van der Waals surface area contributed by atoms with Crippen LogP contribution in [0.4, 0.5) is 0 Å². The third-order valence-electron chi connectivity index (χ3n) is 3.65. The van der Waals surface area contributed by atoms with Crippen LogP contribution in [0, 0.1) is 0 Å². The predicted molar refractivity (Wildman–Crippen MR) is 98.4 cm³/mol. The molecule has 0 aliphatic heterocycles. The molecule has 124 valence electrons. The lowest BCUT2D eigenvalue weighted by Crippen LogP contribution is -2.02. The van der Waals surface area contributed by atoms with Gasteiger partial charge >= 0.3 is 5.63 Å². The van der Waals surface area contributed by atoms with Gasteiger partial charge in [-0.1, -0.05) is 46.3 Å². The van der Waals surface area contributed by atoms with Crippen LogP contribution in [0.3, 0.4) is 0 Å². The Hall–Kier alpha value is -2.27. The van der Waals surface area contributed by atoms with E-state index in [1.54, 1.807) is 13.2 Å². The zero-order chi connectivity index (χ0) is 16.9. The standard InChI is InChI=1S/C19H17BrO4/c1-22-17-12-16-15(10-18(17)23-9-5-8-20)14(11-19(21)24-16)13-6-3-2-4-7-13/h2-4,6-7,10-12H,5,8-9H2,1H3. The van der Waals surface area contributed by atoms with Gasteiger partial charge < -0.3 is 13.9 Å². The first-order valence-electron chi connectivity index (χ1n) is 7.63. The van der Waals surface area contributed by atoms with Crippen LogP contribution in [0.5, 0.6) is 11.5 Å². The Kier molecular flexibility index (Phi) is 5.20. The van der Waals surface area contributed by atoms with Crippen LogP contribution in [0.1, 0.15) is 6.42 Å². The van der Waals surface area contributed by atoms with Crippen molar-refractivity contribution >= 4 is 26.9 Å². The molecule has 1 aromatic heterocycles. The van der Waals surface area contributed by atoms with Crippen molar-refractivity contribution in [3.8, 4) is 22.6 Å². The molecule has 0 spiro atoms. The molecule has 0 N–H and O–H groups in total. The minimum atomic E-state index is -0.392. The molecule has 0 saturated carbocycles. The summed E-state index contributed by atoms with van der Waals surface area (Å²) >= 11 is 3.39. The van der Waals surface area contributed by atoms with E-state index in [0.29, 0.717) is 23.7 Å². The smallest absolute Gasteiger partial charge is 0.336 e. The molecule has 3 rings (SSSR count). The summed E-state index contributed by atoms with van der Waals surface area (Å²) in [6.07, 6.45) is 0.886. The van der Waals surface area contributed by atoms with Gasteiger partial charge in [0.2, 0.25) is 0 Å². The molecule has 24 heavy (non-hydrogen) atoms. The summed E-state index contributed by atoms with van der Waals surface area (Å²) in [6, 6.07) is 14.8. The fourth-order valence-corrected chi connectivity index (χ4v) is 2.76. The maximum Gasteiger partial charge on any atom is 0.336 e. The van der Waals surface area contributed by atoms with E-state index in [0.717, 1.165) is 28.3 Å². The van der Waals surface area contributed by atoms with Gasteiger partial charge in [-0.25, -0.2) is 4.79 Å². The van der Waals surface area contributed by atoms with E-state index in [-0.39, 0.29) is 0 Å². The van der Waals surface area contributed by atoms with Crippen molar-refractivity contribution in [2.75, 3.05) is 19.0 Å². The van der Waals surface area contributed by atoms with Crippen LogP contribution in [-0.4, -0.2) is 19.0 Å². The molecule has 0 aliphatic rings. The molecule has 0 fully saturated rings. The maximum absolute atomic E-state index is 11.9. The summed E-state index contributed by atoms with van der Waals surface area (Å²) in [4.78, 5) is 11.9. The molecule has 0 amide bonds. The summed E-state index contributed by atoms with van der Waals surface area (Å²) in [5, 5.41) is 1.68. The molecule has 5 heteroatoms. The Morgan fingerprint density at radius 3 is 2.58 bits per heavy atom. The second-order valence-electron chi connectivity index (χ2n) is 5.24. The fourth-order valence-electron chi connectivity index (χ4n) is 2.54. The first-order valence-corrected chi connectivity index (χ1v) is 8.75. The number of rotatable bonds is 6. The normalized spacial score (nSPS) is 10.8. The summed E-state index contributed by atoms with van der Waals surface area (Å²) in [7, 11) is 1.57. The van der Waals surface area contributed by atoms with Gasteiger partial charge in [0.15, 0.2) is 11.5 Å². The van der Waals surface area contributed by atoms with Gasteiger partial charge in [0.25, 0.3) is 0 Å². The van der Waals surface area contributed by atoms with Gasteiger partial charge in [-0.05, 0) is 23.6 Å². The third-order valence-corrected chi connectivity index (χ3v) is 4.21. The second-order valence-corrected chi connectivity index (χ2v) is 6.03. The fraction of sp³-hybridized carbons (Fsp3) is 0.211. The van der Waals surface area contributed by atoms with Crippen LogP contribution in [0.15, 0.2) is 57.7 Å². The van der Waals surface area contributed by atoms with E-state index < -0.39 is 5.63 Å². The number of fused-ring (bicyclic) bond motifs is 1. The van der Waals surface area contributed by atoms with Crippen molar-refractivity contribution in [3.05, 3.63) is 59.0 Å². The molecule has 1 heterocycles. The molecule has 0 radical (unpaired) electrons. The van der Waals surface area contributed by atoms with Crippen molar-refractivity contribution in [1.29, 1.82) is 0 Å². The van der Waals surface area contributed by atoms with E-state index in [1.807, 2.05) is 36.4 Å². The third kappa shape index (κ3) is 3.46. The predicted octanol–water partition coefficient (Wildman–Crippen LogP) is 4.63. The molecule has 0 bridgehead atoms. The van der Waals surface area contributed by atoms with Crippen LogP contribution < -0.4 is 15.1 Å². The first-order chi connectivity index (χ1) is 11.7. The highest BCUT2D eigenvalue weighted by atomic mass is 79.9. The van der Waals surface area contributed by atoms with Crippen molar-refractivity contribution < 1.29 is 13.9 Å². The largest absolute Gasteiger partial charge is 0.493 e. The number of hydrogen-bond acceptors (Lipinski definition) is 4. The van der Waals surface area contributed by atoms with Crippen molar-refractivity contribution in [2.24, 2.45) is 0 Å². The number of methoxy groups -OCH3 is 1. The molecule has 2 aromatic carbocycles. The minimum Gasteiger partial charge on any atom is -0.493 e. The Morgan fingerprint density at radius 1 is 1.08 bits per heavy atom. The molecular weight excluding hydrogens is 372 g/mol. The lowest BCUT2D eigenvalue weighted by molar-refractivity contribution is 0.296. The van der Waals surface area contributed by atoms with E-state index in [1.165, 1.54) is 6.07 Å². The number of halogens is 1. The van der Waals surface area contributed by atoms with Gasteiger partial charge in [-0.3, -0.25) is 0 Å². The molecule has 0 aliphatic carbocycles. The first kappa shape index (κ1) is 16.6. The monoisotopic (exact) mass is 388 g/mol. The average Bonchev–Trinajstić information content (AvgIpc) is 2.61. The van der Waals surface area contributed by atoms with Crippen LogP contribution in [0.2, 0.25) is 0 Å². The van der Waals surface area contributed by atoms with E-state index in [9.17, 15) is 4.79 Å². The van der Waals surface area contributed by atoms with Crippen LogP contribution >= 0.6 is 15.9 Å². The Balaban J connectivity index is 2.18. The Bertz CT molecular complexity index is 887. The van der Waals surface area contributed by atoms with Crippen LogP contribution in [0.25, 0.3) is 22.1 Å². The number of hydrogen-bond donors (Lipinski definition) is 0. The zero-order valence-corrected chi connectivity index (χ0v) is 14.8. The highest BCUT2D eigenvalue weighted by molar-refractivity contribution is 9.09. The summed E-state index contributed by atoms with van der Waals surface area (Å²) in [6.45, 7) is 0.574. The summed E-state index contributed by atoms with van der Waals surface area (Å²) in [5.41, 5.74) is 1.85. The van der Waals surface area contributed by atoms with Gasteiger partial charge in [-0.15, -0.1) is 0 Å². The van der Waals surface area contributed by atoms with Crippen molar-refractivity contribution in [1.82, 2.24) is 0 Å². The number of alkyl halides is 1. The van der Waals surface area contributed by atoms with Gasteiger partial charge in [-0.2, -0.15) is 0 Å². The highest BCUT2D eigenvalue weighted by Gasteiger charge is 2.13. The van der Waals surface area contributed by atoms with Crippen molar-refractivity contribution in [3.63, 3.8) is 0 Å². The highest BCUT2D eigenvalue weighted by Crippen LogP contribution is 2.36. The number of benzene rings is 2. The molecular formula is C19H17BrO4. The summed E-state index contributed by atoms with van der Waals surface area (Å²) in [5.74, 6) is 1.18. The van der Waals surface area contributed by atoms with Gasteiger partial charge in [0.05, 0.1) is 13.7 Å². The van der Waals surface area contributed by atoms with E-state index >= 15 is 0 Å². The van der Waals surface area contributed by atoms with E-state index in [4.69, 9.17) is 13.9 Å². The van der Waals surface area contributed by atoms with Gasteiger partial charge in [0.1, 0.15) is 5.58 Å². The molecule has 0 unspecified atom stereocenters. The topological polar surface area (TPSA) is 48.7 Å². The molecule has 0 saturated heterocycles. The minimum absolute atomic E-state index is 0.392. The Labute approximate surface area is 148 Å². The van der Waals surface area contributed by atoms with Crippen molar-refractivity contribution in [2.45, 2.75) is 6.42 Å². The molecule has 4 nitrogen and oxygen atoms in total. The molecule has 3 aromatic rings. The van der Waals surface area contributed by atoms with Crippen LogP contribution in [-0.2, 0) is 0 Å². The van der Waals surface area contributed by atoms with E-state index in [2.05, 4.69) is 15.9 Å². The SMILES string of the molecule is COc1cc2oc(=O)cc(-c3ccccc3)c2cc1OCCCBr. The zero-order valence-electron chi connectivity index (χ0n) is 13.3.